The molecule has 0 aliphatic heterocycles. The van der Waals surface area contributed by atoms with E-state index in [2.05, 4.69) is 22.2 Å². The van der Waals surface area contributed by atoms with E-state index in [1.807, 2.05) is 19.1 Å². The number of rotatable bonds is 5. The summed E-state index contributed by atoms with van der Waals surface area (Å²) in [4.78, 5) is 11.5. The maximum absolute atomic E-state index is 11.5. The fourth-order valence-electron chi connectivity index (χ4n) is 1.80. The third-order valence-electron chi connectivity index (χ3n) is 2.87. The highest BCUT2D eigenvalue weighted by Gasteiger charge is 2.03. The second kappa shape index (κ2) is 8.37. The molecule has 0 saturated carbocycles. The first kappa shape index (κ1) is 16.2. The summed E-state index contributed by atoms with van der Waals surface area (Å²) >= 11 is 4.85. The standard InChI is InChI=1S/C14H21N3O2S/c1-10-9-11(7-8-12(10)19-3)5-4-6-13(18)16-17-14(20)15-2/h7-9H,4-6H2,1-3H3,(H,16,18)(H2,15,17,20). The molecule has 1 amide bonds. The summed E-state index contributed by atoms with van der Waals surface area (Å²) in [5.74, 6) is 0.809. The Bertz CT molecular complexity index is 477. The quantitative estimate of drug-likeness (QED) is 0.567. The van der Waals surface area contributed by atoms with Gasteiger partial charge in [-0.25, -0.2) is 0 Å². The number of amides is 1. The fraction of sp³-hybridized carbons (Fsp3) is 0.429. The van der Waals surface area contributed by atoms with E-state index in [0.717, 1.165) is 24.2 Å². The van der Waals surface area contributed by atoms with Crippen molar-refractivity contribution in [2.24, 2.45) is 0 Å². The molecule has 1 aromatic carbocycles. The number of hydrazine groups is 1. The highest BCUT2D eigenvalue weighted by atomic mass is 32.1. The molecule has 6 heteroatoms. The van der Waals surface area contributed by atoms with E-state index < -0.39 is 0 Å². The van der Waals surface area contributed by atoms with Crippen LogP contribution in [0.5, 0.6) is 5.75 Å². The summed E-state index contributed by atoms with van der Waals surface area (Å²) in [6.07, 6.45) is 2.09. The minimum atomic E-state index is -0.0761. The van der Waals surface area contributed by atoms with E-state index in [1.165, 1.54) is 5.56 Å². The van der Waals surface area contributed by atoms with Crippen LogP contribution < -0.4 is 20.9 Å². The Hall–Kier alpha value is -1.82. The van der Waals surface area contributed by atoms with Crippen LogP contribution in [0.25, 0.3) is 0 Å². The van der Waals surface area contributed by atoms with E-state index in [4.69, 9.17) is 17.0 Å². The van der Waals surface area contributed by atoms with Crippen molar-refractivity contribution in [3.63, 3.8) is 0 Å². The molecule has 0 fully saturated rings. The molecule has 0 radical (unpaired) electrons. The first-order chi connectivity index (χ1) is 9.56. The molecular formula is C14H21N3O2S. The van der Waals surface area contributed by atoms with E-state index in [-0.39, 0.29) is 5.91 Å². The first-order valence-electron chi connectivity index (χ1n) is 6.47. The van der Waals surface area contributed by atoms with Gasteiger partial charge in [0.2, 0.25) is 5.91 Å². The van der Waals surface area contributed by atoms with Gasteiger partial charge < -0.3 is 10.1 Å². The van der Waals surface area contributed by atoms with Gasteiger partial charge in [-0.3, -0.25) is 15.6 Å². The summed E-state index contributed by atoms with van der Waals surface area (Å²) in [5, 5.41) is 3.11. The molecule has 0 heterocycles. The molecule has 5 nitrogen and oxygen atoms in total. The van der Waals surface area contributed by atoms with E-state index in [1.54, 1.807) is 14.2 Å². The normalized spacial score (nSPS) is 9.75. The Kier molecular flexibility index (Phi) is 6.79. The zero-order chi connectivity index (χ0) is 15.0. The lowest BCUT2D eigenvalue weighted by molar-refractivity contribution is -0.121. The molecule has 1 aromatic rings. The maximum Gasteiger partial charge on any atom is 0.238 e. The monoisotopic (exact) mass is 295 g/mol. The van der Waals surface area contributed by atoms with Gasteiger partial charge in [0.15, 0.2) is 5.11 Å². The lowest BCUT2D eigenvalue weighted by atomic mass is 10.1. The minimum Gasteiger partial charge on any atom is -0.496 e. The van der Waals surface area contributed by atoms with Crippen LogP contribution in [-0.2, 0) is 11.2 Å². The molecule has 1 rings (SSSR count). The highest BCUT2D eigenvalue weighted by Crippen LogP contribution is 2.19. The number of ether oxygens (including phenoxy) is 1. The van der Waals surface area contributed by atoms with Crippen molar-refractivity contribution in [1.82, 2.24) is 16.2 Å². The smallest absolute Gasteiger partial charge is 0.238 e. The molecule has 3 N–H and O–H groups in total. The third kappa shape index (κ3) is 5.44. The van der Waals surface area contributed by atoms with Gasteiger partial charge in [-0.1, -0.05) is 12.1 Å². The number of carbonyl (C=O) groups is 1. The van der Waals surface area contributed by atoms with Gasteiger partial charge in [0.1, 0.15) is 5.75 Å². The lowest BCUT2D eigenvalue weighted by Gasteiger charge is -2.09. The topological polar surface area (TPSA) is 62.4 Å². The molecule has 0 aromatic heterocycles. The number of nitrogens with one attached hydrogen (secondary N) is 3. The summed E-state index contributed by atoms with van der Waals surface area (Å²) in [6, 6.07) is 6.07. The van der Waals surface area contributed by atoms with Crippen LogP contribution in [0.3, 0.4) is 0 Å². The van der Waals surface area contributed by atoms with Crippen molar-refractivity contribution in [3.8, 4) is 5.75 Å². The van der Waals surface area contributed by atoms with Gasteiger partial charge in [-0.05, 0) is 49.2 Å². The SMILES string of the molecule is CNC(=S)NNC(=O)CCCc1ccc(OC)c(C)c1. The Labute approximate surface area is 125 Å². The van der Waals surface area contributed by atoms with Gasteiger partial charge >= 0.3 is 0 Å². The molecule has 110 valence electrons. The summed E-state index contributed by atoms with van der Waals surface area (Å²) in [7, 11) is 3.35. The lowest BCUT2D eigenvalue weighted by Crippen LogP contribution is -2.45. The summed E-state index contributed by atoms with van der Waals surface area (Å²) < 4.78 is 5.22. The largest absolute Gasteiger partial charge is 0.496 e. The predicted molar refractivity (Wildman–Crippen MR) is 83.6 cm³/mol. The number of benzene rings is 1. The number of hydrogen-bond acceptors (Lipinski definition) is 3. The molecule has 20 heavy (non-hydrogen) atoms. The van der Waals surface area contributed by atoms with Crippen LogP contribution in [0.2, 0.25) is 0 Å². The van der Waals surface area contributed by atoms with Crippen LogP contribution in [0.15, 0.2) is 18.2 Å². The van der Waals surface area contributed by atoms with Gasteiger partial charge in [-0.2, -0.15) is 0 Å². The average molecular weight is 295 g/mol. The Balaban J connectivity index is 2.32. The molecular weight excluding hydrogens is 274 g/mol. The first-order valence-corrected chi connectivity index (χ1v) is 6.87. The predicted octanol–water partition coefficient (Wildman–Crippen LogP) is 1.45. The average Bonchev–Trinajstić information content (AvgIpc) is 2.45. The second-order valence-corrected chi connectivity index (χ2v) is 4.82. The van der Waals surface area contributed by atoms with Crippen molar-refractivity contribution in [2.45, 2.75) is 26.2 Å². The van der Waals surface area contributed by atoms with Crippen LogP contribution in [0.4, 0.5) is 0 Å². The molecule has 0 spiro atoms. The van der Waals surface area contributed by atoms with E-state index in [9.17, 15) is 4.79 Å². The third-order valence-corrected chi connectivity index (χ3v) is 3.18. The summed E-state index contributed by atoms with van der Waals surface area (Å²) in [6.45, 7) is 2.01. The molecule has 0 bridgehead atoms. The van der Waals surface area contributed by atoms with Crippen molar-refractivity contribution < 1.29 is 9.53 Å². The maximum atomic E-state index is 11.5. The van der Waals surface area contributed by atoms with Gasteiger partial charge in [0, 0.05) is 13.5 Å². The zero-order valence-electron chi connectivity index (χ0n) is 12.1. The van der Waals surface area contributed by atoms with Gasteiger partial charge in [-0.15, -0.1) is 0 Å². The number of carbonyl (C=O) groups excluding carboxylic acids is 1. The van der Waals surface area contributed by atoms with Gasteiger partial charge in [0.05, 0.1) is 7.11 Å². The minimum absolute atomic E-state index is 0.0761. The van der Waals surface area contributed by atoms with Crippen molar-refractivity contribution in [1.29, 1.82) is 0 Å². The number of hydrogen-bond donors (Lipinski definition) is 3. The van der Waals surface area contributed by atoms with Crippen LogP contribution in [-0.4, -0.2) is 25.2 Å². The fourth-order valence-corrected chi connectivity index (χ4v) is 1.85. The van der Waals surface area contributed by atoms with Crippen LogP contribution in [0, 0.1) is 6.92 Å². The molecule has 0 aliphatic carbocycles. The second-order valence-electron chi connectivity index (χ2n) is 4.41. The number of thiocarbonyl (C=S) groups is 1. The van der Waals surface area contributed by atoms with Crippen molar-refractivity contribution in [2.75, 3.05) is 14.2 Å². The van der Waals surface area contributed by atoms with Crippen LogP contribution >= 0.6 is 12.2 Å². The Morgan fingerprint density at radius 2 is 2.10 bits per heavy atom. The summed E-state index contributed by atoms with van der Waals surface area (Å²) in [5.41, 5.74) is 7.46. The number of aryl methyl sites for hydroxylation is 2. The van der Waals surface area contributed by atoms with Crippen molar-refractivity contribution in [3.05, 3.63) is 29.3 Å². The van der Waals surface area contributed by atoms with Gasteiger partial charge in [0.25, 0.3) is 0 Å². The van der Waals surface area contributed by atoms with Crippen LogP contribution in [0.1, 0.15) is 24.0 Å². The Morgan fingerprint density at radius 1 is 1.35 bits per heavy atom. The van der Waals surface area contributed by atoms with Crippen molar-refractivity contribution >= 4 is 23.2 Å². The molecule has 0 saturated heterocycles. The van der Waals surface area contributed by atoms with E-state index >= 15 is 0 Å². The Morgan fingerprint density at radius 3 is 2.70 bits per heavy atom. The number of methoxy groups -OCH3 is 1. The molecule has 0 unspecified atom stereocenters. The molecule has 0 aliphatic rings. The highest BCUT2D eigenvalue weighted by molar-refractivity contribution is 7.80. The van der Waals surface area contributed by atoms with E-state index in [0.29, 0.717) is 11.5 Å². The molecule has 0 atom stereocenters. The zero-order valence-corrected chi connectivity index (χ0v) is 12.9.